The zero-order valence-electron chi connectivity index (χ0n) is 59.2. The molecule has 108 heavy (non-hydrogen) atoms. The monoisotopic (exact) mass is 1370 g/mol. The zero-order chi connectivity index (χ0) is 70.8. The number of hydrogen-bond acceptors (Lipinski definition) is 1. The normalized spacial score (nSPS) is 15.4. The van der Waals surface area contributed by atoms with Gasteiger partial charge in [-0.25, -0.2) is 0 Å². The molecule has 5 aliphatic carbocycles. The second-order valence-corrected chi connectivity index (χ2v) is 30.0. The molecule has 2 atom stereocenters. The molecule has 23 rings (SSSR count). The first-order valence-corrected chi connectivity index (χ1v) is 37.9. The van der Waals surface area contributed by atoms with Crippen molar-refractivity contribution < 1.29 is 0 Å². The van der Waals surface area contributed by atoms with E-state index < -0.39 is 5.41 Å². The van der Waals surface area contributed by atoms with E-state index in [4.69, 9.17) is 0 Å². The van der Waals surface area contributed by atoms with E-state index in [1.165, 1.54) is 160 Å². The number of anilines is 3. The number of fused-ring (bicyclic) bond motifs is 25. The number of aromatic nitrogens is 1. The summed E-state index contributed by atoms with van der Waals surface area (Å²) in [5.41, 5.74) is 37.0. The van der Waals surface area contributed by atoms with Gasteiger partial charge in [0, 0.05) is 45.4 Å². The Hall–Kier alpha value is -13.7. The second kappa shape index (κ2) is 23.4. The Morgan fingerprint density at radius 2 is 0.657 bits per heavy atom. The first-order valence-electron chi connectivity index (χ1n) is 37.9. The summed E-state index contributed by atoms with van der Waals surface area (Å²) in [6.45, 7) is 0. The molecular formula is C106H68N2. The van der Waals surface area contributed by atoms with Gasteiger partial charge in [0.1, 0.15) is 0 Å². The third-order valence-corrected chi connectivity index (χ3v) is 24.9. The Balaban J connectivity index is 0.663. The Morgan fingerprint density at radius 1 is 0.259 bits per heavy atom. The van der Waals surface area contributed by atoms with Crippen molar-refractivity contribution in [2.24, 2.45) is 5.92 Å². The van der Waals surface area contributed by atoms with Crippen LogP contribution in [0.25, 0.3) is 132 Å². The van der Waals surface area contributed by atoms with Gasteiger partial charge in [0.2, 0.25) is 0 Å². The highest BCUT2D eigenvalue weighted by Gasteiger charge is 2.57. The van der Waals surface area contributed by atoms with Gasteiger partial charge in [0.05, 0.1) is 21.9 Å². The van der Waals surface area contributed by atoms with Crippen LogP contribution in [0.3, 0.4) is 0 Å². The van der Waals surface area contributed by atoms with Crippen LogP contribution < -0.4 is 4.90 Å². The van der Waals surface area contributed by atoms with E-state index in [0.717, 1.165) is 39.3 Å². The predicted octanol–water partition coefficient (Wildman–Crippen LogP) is 27.3. The maximum absolute atomic E-state index is 2.64. The molecule has 2 unspecified atom stereocenters. The molecule has 2 heteroatoms. The fourth-order valence-electron chi connectivity index (χ4n) is 20.5. The van der Waals surface area contributed by atoms with Crippen LogP contribution in [-0.4, -0.2) is 4.57 Å². The maximum Gasteiger partial charge on any atom is 0.0725 e. The van der Waals surface area contributed by atoms with Crippen LogP contribution >= 0.6 is 0 Å². The largest absolute Gasteiger partial charge is 0.311 e. The second-order valence-electron chi connectivity index (χ2n) is 30.0. The zero-order valence-corrected chi connectivity index (χ0v) is 59.2. The summed E-state index contributed by atoms with van der Waals surface area (Å²) >= 11 is 0. The molecule has 0 fully saturated rings. The van der Waals surface area contributed by atoms with Gasteiger partial charge in [-0.2, -0.15) is 0 Å². The molecule has 0 bridgehead atoms. The van der Waals surface area contributed by atoms with Gasteiger partial charge in [-0.3, -0.25) is 0 Å². The molecule has 502 valence electrons. The van der Waals surface area contributed by atoms with Crippen molar-refractivity contribution in [3.63, 3.8) is 0 Å². The third-order valence-electron chi connectivity index (χ3n) is 24.9. The Labute approximate surface area is 628 Å². The van der Waals surface area contributed by atoms with Crippen LogP contribution in [0.4, 0.5) is 17.1 Å². The van der Waals surface area contributed by atoms with Gasteiger partial charge in [0.25, 0.3) is 0 Å². The molecule has 0 radical (unpaired) electrons. The van der Waals surface area contributed by atoms with Crippen LogP contribution in [0.2, 0.25) is 0 Å². The van der Waals surface area contributed by atoms with Crippen LogP contribution in [0, 0.1) is 5.92 Å². The third kappa shape index (κ3) is 8.54. The number of nitrogens with zero attached hydrogens (tertiary/aromatic N) is 2. The minimum absolute atomic E-state index is 0.164. The number of allylic oxidation sites excluding steroid dienone is 4. The molecule has 1 aromatic heterocycles. The molecule has 5 aliphatic rings. The van der Waals surface area contributed by atoms with Gasteiger partial charge in [-0.1, -0.05) is 315 Å². The van der Waals surface area contributed by atoms with E-state index in [2.05, 4.69) is 410 Å². The highest BCUT2D eigenvalue weighted by Crippen LogP contribution is 2.67. The number of para-hydroxylation sites is 1. The van der Waals surface area contributed by atoms with Gasteiger partial charge in [0.15, 0.2) is 0 Å². The minimum Gasteiger partial charge on any atom is -0.311 e. The van der Waals surface area contributed by atoms with Gasteiger partial charge >= 0.3 is 0 Å². The first kappa shape index (κ1) is 60.7. The van der Waals surface area contributed by atoms with Crippen LogP contribution in [-0.2, 0) is 10.8 Å². The van der Waals surface area contributed by atoms with Crippen molar-refractivity contribution in [2.75, 3.05) is 4.90 Å². The average molecular weight is 1370 g/mol. The lowest BCUT2D eigenvalue weighted by atomic mass is 9.65. The van der Waals surface area contributed by atoms with Crippen molar-refractivity contribution in [1.82, 2.24) is 4.57 Å². The van der Waals surface area contributed by atoms with Crippen molar-refractivity contribution >= 4 is 66.0 Å². The molecule has 18 aromatic rings. The molecule has 2 nitrogen and oxygen atoms in total. The fourth-order valence-corrected chi connectivity index (χ4v) is 20.5. The summed E-state index contributed by atoms with van der Waals surface area (Å²) in [5.74, 6) is 0.390. The lowest BCUT2D eigenvalue weighted by molar-refractivity contribution is 0.467. The number of benzene rings is 17. The van der Waals surface area contributed by atoms with E-state index in [1.807, 2.05) is 0 Å². The van der Waals surface area contributed by atoms with E-state index in [9.17, 15) is 0 Å². The summed E-state index contributed by atoms with van der Waals surface area (Å²) < 4.78 is 2.50. The van der Waals surface area contributed by atoms with Crippen molar-refractivity contribution in [1.29, 1.82) is 0 Å². The van der Waals surface area contributed by atoms with E-state index in [0.29, 0.717) is 0 Å². The van der Waals surface area contributed by atoms with Gasteiger partial charge < -0.3 is 9.47 Å². The molecule has 0 N–H and O–H groups in total. The molecule has 1 heterocycles. The quantitative estimate of drug-likeness (QED) is 0.131. The standard InChI is InChI=1S/C106H68N2/c1-4-24-68(25-5-1)103-87-36-10-11-37-88(87)104(69-26-6-2-7-27-69)92-64-70(48-59-89(92)103)67-44-51-76(52-45-67)107(75-28-8-3-9-29-75)77-53-55-78(56-54-77)108-101-60-49-71(73-46-57-85-83-34-16-22-42-97(83)105(99(85)65-73)93-38-18-12-30-79(93)80-31-13-19-39-94(80)105)62-90(101)91-63-72(50-61-102(91)108)74-47-58-86-84-35-17-23-43-98(84)106(100(86)66-74)95-40-20-14-32-81(95)82-33-15-21-41-96(82)106/h1-66,85,99H. The molecule has 0 aliphatic heterocycles. The SMILES string of the molecule is C1=CC2c3ccccc3C3(c4ccccc4-c4ccccc43)C2C=C1c1ccc2c(c1)c1cc(-c3ccc4c(c3)C3(c5ccccc5-c5ccccc53)c3ccccc3-4)ccc1n2-c1ccc(N(c2ccccc2)c2ccc(-c3ccc4c(-c5ccccc5)c5ccccc5c(-c5ccccc5)c4c3)cc2)cc1. The van der Waals surface area contributed by atoms with Crippen molar-refractivity contribution in [3.05, 3.63) is 450 Å². The van der Waals surface area contributed by atoms with E-state index >= 15 is 0 Å². The summed E-state index contributed by atoms with van der Waals surface area (Å²) in [4.78, 5) is 2.39. The average Bonchev–Trinajstić information content (AvgIpc) is 1.51. The van der Waals surface area contributed by atoms with E-state index in [1.54, 1.807) is 0 Å². The topological polar surface area (TPSA) is 8.17 Å². The highest BCUT2D eigenvalue weighted by molar-refractivity contribution is 6.22. The Kier molecular flexibility index (Phi) is 13.2. The van der Waals surface area contributed by atoms with Crippen LogP contribution in [0.1, 0.15) is 56.0 Å². The Bertz CT molecular complexity index is 6740. The van der Waals surface area contributed by atoms with Gasteiger partial charge in [-0.05, 0) is 240 Å². The summed E-state index contributed by atoms with van der Waals surface area (Å²) in [6, 6.07) is 144. The molecule has 0 saturated carbocycles. The van der Waals surface area contributed by atoms with Crippen LogP contribution in [0.5, 0.6) is 0 Å². The number of hydrogen-bond donors (Lipinski definition) is 0. The van der Waals surface area contributed by atoms with Crippen molar-refractivity contribution in [3.8, 4) is 83.6 Å². The Morgan fingerprint density at radius 3 is 1.25 bits per heavy atom. The summed E-state index contributed by atoms with van der Waals surface area (Å²) in [5, 5.41) is 7.41. The fraction of sp³-hybridized carbons (Fsp3) is 0.0377. The summed E-state index contributed by atoms with van der Waals surface area (Å²) in [6.07, 6.45) is 7.59. The smallest absolute Gasteiger partial charge is 0.0725 e. The predicted molar refractivity (Wildman–Crippen MR) is 450 cm³/mol. The highest BCUT2D eigenvalue weighted by atomic mass is 15.1. The lowest BCUT2D eigenvalue weighted by Gasteiger charge is -2.37. The minimum atomic E-state index is -0.450. The van der Waals surface area contributed by atoms with Crippen LogP contribution in [0.15, 0.2) is 400 Å². The maximum atomic E-state index is 2.64. The lowest BCUT2D eigenvalue weighted by Crippen LogP contribution is -2.33. The first-order chi connectivity index (χ1) is 53.6. The number of rotatable bonds is 9. The molecule has 2 spiro atoms. The molecular weight excluding hydrogens is 1300 g/mol. The molecule has 0 saturated heterocycles. The molecule has 0 amide bonds. The molecule has 17 aromatic carbocycles. The van der Waals surface area contributed by atoms with E-state index in [-0.39, 0.29) is 17.3 Å². The summed E-state index contributed by atoms with van der Waals surface area (Å²) in [7, 11) is 0. The van der Waals surface area contributed by atoms with Gasteiger partial charge in [-0.15, -0.1) is 0 Å². The van der Waals surface area contributed by atoms with Crippen molar-refractivity contribution in [2.45, 2.75) is 16.7 Å².